The summed E-state index contributed by atoms with van der Waals surface area (Å²) in [6.45, 7) is 0. The maximum atomic E-state index is 5.94. The molecule has 15 heavy (non-hydrogen) atoms. The Labute approximate surface area is 90.8 Å². The summed E-state index contributed by atoms with van der Waals surface area (Å²) >= 11 is 0. The van der Waals surface area contributed by atoms with E-state index in [4.69, 9.17) is 4.74 Å². The maximum Gasteiger partial charge on any atom is 0.120 e. The van der Waals surface area contributed by atoms with E-state index in [0.29, 0.717) is 6.10 Å². The van der Waals surface area contributed by atoms with E-state index >= 15 is 0 Å². The first-order chi connectivity index (χ1) is 7.42. The smallest absolute Gasteiger partial charge is 0.120 e. The topological polar surface area (TPSA) is 9.23 Å². The molecule has 78 valence electrons. The first kappa shape index (κ1) is 9.02. The predicted octanol–water partition coefficient (Wildman–Crippen LogP) is 3.56. The number of ether oxygens (including phenoxy) is 1. The van der Waals surface area contributed by atoms with Crippen LogP contribution in [-0.4, -0.2) is 6.10 Å². The minimum atomic E-state index is 0.327. The number of allylic oxidation sites excluding steroid dienone is 1. The third-order valence-corrected chi connectivity index (χ3v) is 3.49. The highest BCUT2D eigenvalue weighted by atomic mass is 16.5. The molecule has 0 radical (unpaired) electrons. The van der Waals surface area contributed by atoms with Crippen LogP contribution in [0.3, 0.4) is 0 Å². The van der Waals surface area contributed by atoms with Gasteiger partial charge in [0.1, 0.15) is 11.9 Å². The highest BCUT2D eigenvalue weighted by molar-refractivity contribution is 5.25. The van der Waals surface area contributed by atoms with E-state index in [-0.39, 0.29) is 0 Å². The second kappa shape index (κ2) is 3.73. The lowest BCUT2D eigenvalue weighted by Gasteiger charge is -2.13. The molecule has 0 aliphatic heterocycles. The van der Waals surface area contributed by atoms with Crippen molar-refractivity contribution in [3.63, 3.8) is 0 Å². The molecule has 0 bridgehead atoms. The van der Waals surface area contributed by atoms with E-state index in [1.807, 2.05) is 30.3 Å². The molecule has 2 atom stereocenters. The van der Waals surface area contributed by atoms with Gasteiger partial charge in [0.25, 0.3) is 0 Å². The van der Waals surface area contributed by atoms with Crippen LogP contribution >= 0.6 is 0 Å². The molecule has 1 nitrogen and oxygen atoms in total. The van der Waals surface area contributed by atoms with Crippen LogP contribution in [-0.2, 0) is 0 Å². The second-order valence-electron chi connectivity index (χ2n) is 4.54. The van der Waals surface area contributed by atoms with Crippen molar-refractivity contribution in [2.24, 2.45) is 5.92 Å². The lowest BCUT2D eigenvalue weighted by atomic mass is 10.1. The summed E-state index contributed by atoms with van der Waals surface area (Å²) in [7, 11) is 0. The van der Waals surface area contributed by atoms with Gasteiger partial charge < -0.3 is 4.74 Å². The van der Waals surface area contributed by atoms with Gasteiger partial charge in [-0.3, -0.25) is 0 Å². The maximum absolute atomic E-state index is 5.94. The van der Waals surface area contributed by atoms with Gasteiger partial charge in [-0.1, -0.05) is 23.8 Å². The average Bonchev–Trinajstić information content (AvgIpc) is 2.79. The number of para-hydroxylation sites is 1. The predicted molar refractivity (Wildman–Crippen MR) is 60.9 cm³/mol. The monoisotopic (exact) mass is 200 g/mol. The van der Waals surface area contributed by atoms with Gasteiger partial charge in [0, 0.05) is 0 Å². The molecule has 0 amide bonds. The Kier molecular flexibility index (Phi) is 2.24. The molecule has 2 aliphatic rings. The van der Waals surface area contributed by atoms with E-state index < -0.39 is 0 Å². The highest BCUT2D eigenvalue weighted by Gasteiger charge is 2.30. The van der Waals surface area contributed by atoms with Crippen LogP contribution < -0.4 is 4.74 Å². The summed E-state index contributed by atoms with van der Waals surface area (Å²) in [5.41, 5.74) is 1.65. The minimum Gasteiger partial charge on any atom is -0.486 e. The van der Waals surface area contributed by atoms with Crippen LogP contribution in [0, 0.1) is 5.92 Å². The Balaban J connectivity index is 1.69. The zero-order valence-electron chi connectivity index (χ0n) is 8.86. The van der Waals surface area contributed by atoms with Crippen LogP contribution in [0.4, 0.5) is 0 Å². The van der Waals surface area contributed by atoms with E-state index in [2.05, 4.69) is 6.08 Å². The summed E-state index contributed by atoms with van der Waals surface area (Å²) in [5.74, 6) is 1.83. The van der Waals surface area contributed by atoms with Crippen molar-refractivity contribution < 1.29 is 4.74 Å². The van der Waals surface area contributed by atoms with Crippen LogP contribution in [0.1, 0.15) is 25.7 Å². The molecule has 0 saturated heterocycles. The molecule has 0 spiro atoms. The van der Waals surface area contributed by atoms with Gasteiger partial charge in [-0.15, -0.1) is 0 Å². The first-order valence-corrected chi connectivity index (χ1v) is 5.84. The van der Waals surface area contributed by atoms with Gasteiger partial charge in [0.15, 0.2) is 0 Å². The van der Waals surface area contributed by atoms with Crippen molar-refractivity contribution in [2.45, 2.75) is 31.8 Å². The molecule has 1 aromatic rings. The fraction of sp³-hybridized carbons (Fsp3) is 0.429. The van der Waals surface area contributed by atoms with Crippen molar-refractivity contribution in [1.29, 1.82) is 0 Å². The van der Waals surface area contributed by atoms with Crippen LogP contribution in [0.2, 0.25) is 0 Å². The summed E-state index contributed by atoms with van der Waals surface area (Å²) in [6.07, 6.45) is 7.94. The van der Waals surface area contributed by atoms with E-state index in [0.717, 1.165) is 11.7 Å². The summed E-state index contributed by atoms with van der Waals surface area (Å²) < 4.78 is 5.94. The molecule has 1 aromatic carbocycles. The number of hydrogen-bond acceptors (Lipinski definition) is 1. The summed E-state index contributed by atoms with van der Waals surface area (Å²) in [6, 6.07) is 10.1. The Bertz CT molecular complexity index is 366. The zero-order chi connectivity index (χ0) is 10.1. The number of fused-ring (bicyclic) bond motifs is 1. The standard InChI is InChI=1S/C14H16O/c1-2-7-13(8-3-1)15-14-9-11-5-4-6-12(11)10-14/h1-3,7-9,12,14H,4-6,10H2. The van der Waals surface area contributed by atoms with Gasteiger partial charge in [-0.2, -0.15) is 0 Å². The number of hydrogen-bond donors (Lipinski definition) is 0. The van der Waals surface area contributed by atoms with Gasteiger partial charge in [-0.05, 0) is 49.8 Å². The van der Waals surface area contributed by atoms with Crippen molar-refractivity contribution in [1.82, 2.24) is 0 Å². The van der Waals surface area contributed by atoms with Crippen LogP contribution in [0.15, 0.2) is 42.0 Å². The Morgan fingerprint density at radius 2 is 2.00 bits per heavy atom. The molecule has 1 saturated carbocycles. The molecule has 1 heteroatoms. The van der Waals surface area contributed by atoms with E-state index in [1.165, 1.54) is 25.7 Å². The van der Waals surface area contributed by atoms with Gasteiger partial charge in [0.05, 0.1) is 0 Å². The molecule has 2 unspecified atom stereocenters. The van der Waals surface area contributed by atoms with Crippen molar-refractivity contribution >= 4 is 0 Å². The Hall–Kier alpha value is -1.24. The minimum absolute atomic E-state index is 0.327. The van der Waals surface area contributed by atoms with Gasteiger partial charge in [0.2, 0.25) is 0 Å². The molecule has 1 fully saturated rings. The number of benzene rings is 1. The molecule has 0 N–H and O–H groups in total. The van der Waals surface area contributed by atoms with E-state index in [9.17, 15) is 0 Å². The summed E-state index contributed by atoms with van der Waals surface area (Å²) in [4.78, 5) is 0. The Morgan fingerprint density at radius 1 is 1.13 bits per heavy atom. The SMILES string of the molecule is C1=C2CCCC2CC1Oc1ccccc1. The van der Waals surface area contributed by atoms with Crippen LogP contribution in [0.25, 0.3) is 0 Å². The largest absolute Gasteiger partial charge is 0.486 e. The van der Waals surface area contributed by atoms with Crippen molar-refractivity contribution in [3.05, 3.63) is 42.0 Å². The van der Waals surface area contributed by atoms with Gasteiger partial charge >= 0.3 is 0 Å². The van der Waals surface area contributed by atoms with Gasteiger partial charge in [-0.25, -0.2) is 0 Å². The highest BCUT2D eigenvalue weighted by Crippen LogP contribution is 2.40. The molecule has 2 aliphatic carbocycles. The molecule has 3 rings (SSSR count). The first-order valence-electron chi connectivity index (χ1n) is 5.84. The number of rotatable bonds is 2. The van der Waals surface area contributed by atoms with Crippen molar-refractivity contribution in [2.75, 3.05) is 0 Å². The third kappa shape index (κ3) is 1.79. The quantitative estimate of drug-likeness (QED) is 0.663. The third-order valence-electron chi connectivity index (χ3n) is 3.49. The fourth-order valence-electron chi connectivity index (χ4n) is 2.77. The van der Waals surface area contributed by atoms with Crippen LogP contribution in [0.5, 0.6) is 5.75 Å². The second-order valence-corrected chi connectivity index (χ2v) is 4.54. The lowest BCUT2D eigenvalue weighted by molar-refractivity contribution is 0.234. The molecular weight excluding hydrogens is 184 g/mol. The molecular formula is C14H16O. The van der Waals surface area contributed by atoms with E-state index in [1.54, 1.807) is 5.57 Å². The Morgan fingerprint density at radius 3 is 2.80 bits per heavy atom. The molecule has 0 heterocycles. The fourth-order valence-corrected chi connectivity index (χ4v) is 2.77. The lowest BCUT2D eigenvalue weighted by Crippen LogP contribution is -2.11. The summed E-state index contributed by atoms with van der Waals surface area (Å²) in [5, 5.41) is 0. The molecule has 0 aromatic heterocycles. The normalized spacial score (nSPS) is 28.7. The zero-order valence-corrected chi connectivity index (χ0v) is 8.86. The van der Waals surface area contributed by atoms with Crippen molar-refractivity contribution in [3.8, 4) is 5.75 Å². The average molecular weight is 200 g/mol.